The van der Waals surface area contributed by atoms with Crippen LogP contribution in [0.5, 0.6) is 0 Å². The molecule has 3 saturated heterocycles. The fourth-order valence-corrected chi connectivity index (χ4v) is 3.97. The molecule has 12 heteroatoms. The van der Waals surface area contributed by atoms with Gasteiger partial charge in [-0.05, 0) is 30.6 Å². The van der Waals surface area contributed by atoms with Gasteiger partial charge in [-0.1, -0.05) is 0 Å². The first-order valence-electron chi connectivity index (χ1n) is 8.91. The number of nitrogens with zero attached hydrogens (tertiary/aromatic N) is 2. The van der Waals surface area contributed by atoms with Gasteiger partial charge >= 0.3 is 18.3 Å². The third-order valence-corrected chi connectivity index (χ3v) is 5.39. The lowest BCUT2D eigenvalue weighted by Crippen LogP contribution is -2.56. The number of hydrogen-bond donors (Lipinski definition) is 1. The second kappa shape index (κ2) is 7.37. The first-order chi connectivity index (χ1) is 13.3. The van der Waals surface area contributed by atoms with Crippen molar-refractivity contribution in [3.63, 3.8) is 0 Å². The van der Waals surface area contributed by atoms with Crippen LogP contribution in [0, 0.1) is 6.92 Å². The summed E-state index contributed by atoms with van der Waals surface area (Å²) >= 11 is 0. The number of rotatable bonds is 4. The van der Waals surface area contributed by atoms with E-state index in [0.29, 0.717) is 12.6 Å². The fraction of sp³-hybridized carbons (Fsp3) is 0.647. The number of carboxylic acid groups (broad SMARTS) is 1. The van der Waals surface area contributed by atoms with Crippen LogP contribution in [0.4, 0.5) is 32.2 Å². The van der Waals surface area contributed by atoms with E-state index < -0.39 is 46.7 Å². The van der Waals surface area contributed by atoms with Crippen LogP contribution in [0.2, 0.25) is 5.31 Å². The molecule has 0 aliphatic carbocycles. The van der Waals surface area contributed by atoms with Crippen LogP contribution in [0.15, 0.2) is 6.20 Å². The number of alkyl halides is 6. The Balaban J connectivity index is 1.95. The monoisotopic (exact) mass is 423 g/mol. The van der Waals surface area contributed by atoms with E-state index in [9.17, 15) is 36.2 Å². The van der Waals surface area contributed by atoms with Gasteiger partial charge in [0.25, 0.3) is 0 Å². The zero-order chi connectivity index (χ0) is 21.6. The number of anilines is 1. The van der Waals surface area contributed by atoms with E-state index in [1.54, 1.807) is 7.28 Å². The summed E-state index contributed by atoms with van der Waals surface area (Å²) < 4.78 is 83.1. The van der Waals surface area contributed by atoms with E-state index in [2.05, 4.69) is 4.98 Å². The minimum atomic E-state index is -4.78. The second-order valence-electron chi connectivity index (χ2n) is 7.48. The number of carbonyl (C=O) groups is 1. The van der Waals surface area contributed by atoms with Gasteiger partial charge in [0.1, 0.15) is 11.4 Å². The molecule has 1 aromatic heterocycles. The molecule has 3 aliphatic rings. The van der Waals surface area contributed by atoms with Crippen LogP contribution >= 0.6 is 0 Å². The summed E-state index contributed by atoms with van der Waals surface area (Å²) in [5.74, 6) is -1.78. The van der Waals surface area contributed by atoms with E-state index >= 15 is 0 Å². The first kappa shape index (κ1) is 21.7. The van der Waals surface area contributed by atoms with Crippen molar-refractivity contribution in [3.8, 4) is 0 Å². The molecule has 0 saturated carbocycles. The predicted octanol–water partition coefficient (Wildman–Crippen LogP) is 3.88. The van der Waals surface area contributed by atoms with Crippen molar-refractivity contribution in [3.05, 3.63) is 22.9 Å². The Kier molecular flexibility index (Phi) is 5.52. The molecule has 2 unspecified atom stereocenters. The highest BCUT2D eigenvalue weighted by molar-refractivity contribution is 6.46. The first-order valence-corrected chi connectivity index (χ1v) is 8.91. The highest BCUT2D eigenvalue weighted by Gasteiger charge is 2.50. The van der Waals surface area contributed by atoms with Gasteiger partial charge in [0, 0.05) is 31.7 Å². The fourth-order valence-electron chi connectivity index (χ4n) is 3.97. The Morgan fingerprint density at radius 2 is 2.03 bits per heavy atom. The molecule has 3 fully saturated rings. The van der Waals surface area contributed by atoms with Gasteiger partial charge < -0.3 is 14.7 Å². The smallest absolute Gasteiger partial charge is 0.418 e. The number of pyridine rings is 1. The normalized spacial score (nSPS) is 24.9. The molecule has 4 heterocycles. The van der Waals surface area contributed by atoms with Crippen LogP contribution in [0.25, 0.3) is 0 Å². The molecule has 5 nitrogen and oxygen atoms in total. The average molecular weight is 423 g/mol. The summed E-state index contributed by atoms with van der Waals surface area (Å²) in [5.41, 5.74) is -2.26. The molecule has 4 rings (SSSR count). The summed E-state index contributed by atoms with van der Waals surface area (Å²) in [6.07, 6.45) is -9.46. The van der Waals surface area contributed by atoms with Crippen molar-refractivity contribution in [2.75, 3.05) is 24.6 Å². The third-order valence-electron chi connectivity index (χ3n) is 5.39. The van der Waals surface area contributed by atoms with Gasteiger partial charge in [-0.2, -0.15) is 26.3 Å². The maximum absolute atomic E-state index is 13.1. The predicted molar refractivity (Wildman–Crippen MR) is 91.2 cm³/mol. The number of carboxylic acids is 1. The Hall–Kier alpha value is -1.98. The molecule has 1 aromatic rings. The van der Waals surface area contributed by atoms with Crippen molar-refractivity contribution < 1.29 is 41.0 Å². The highest BCUT2D eigenvalue weighted by Crippen LogP contribution is 2.50. The molecule has 1 radical (unpaired) electrons. The lowest BCUT2D eigenvalue weighted by molar-refractivity contribution is -0.139. The summed E-state index contributed by atoms with van der Waals surface area (Å²) in [7, 11) is 1.67. The number of halogens is 6. The second-order valence-corrected chi connectivity index (χ2v) is 7.48. The Labute approximate surface area is 163 Å². The molecule has 159 valence electrons. The summed E-state index contributed by atoms with van der Waals surface area (Å²) in [6.45, 7) is 1.33. The van der Waals surface area contributed by atoms with Crippen LogP contribution in [0.3, 0.4) is 0 Å². The maximum Gasteiger partial charge on any atom is 0.418 e. The van der Waals surface area contributed by atoms with E-state index in [1.807, 2.05) is 0 Å². The van der Waals surface area contributed by atoms with E-state index in [4.69, 9.17) is 4.74 Å². The number of aromatic carboxylic acids is 1. The van der Waals surface area contributed by atoms with E-state index in [-0.39, 0.29) is 37.9 Å². The van der Waals surface area contributed by atoms with Crippen LogP contribution in [-0.4, -0.2) is 55.2 Å². The summed E-state index contributed by atoms with van der Waals surface area (Å²) in [4.78, 5) is 16.9. The zero-order valence-electron chi connectivity index (χ0n) is 15.4. The SMILES string of the molecule is Cc1c(C(F)(F)F)cnc(N2CCOC3[B]C(CCC(F)(F)F)(C3)C2)c1C(=O)O. The standard InChI is InChI=1S/C17H18BF6N2O3/c1-9-10(17(22,23)24)7-25-13(12(9)14(27)28)26-4-5-29-11-6-15(8-26,18-11)2-3-16(19,20)21/h7,11H,2-6,8H2,1H3,(H,27,28). The van der Waals surface area contributed by atoms with E-state index in [1.165, 1.54) is 4.90 Å². The number of hydrogen-bond acceptors (Lipinski definition) is 4. The van der Waals surface area contributed by atoms with Crippen LogP contribution in [0.1, 0.15) is 40.7 Å². The van der Waals surface area contributed by atoms with Crippen molar-refractivity contribution in [2.45, 2.75) is 49.9 Å². The van der Waals surface area contributed by atoms with Gasteiger partial charge in [0.15, 0.2) is 7.28 Å². The van der Waals surface area contributed by atoms with Crippen molar-refractivity contribution in [2.24, 2.45) is 0 Å². The lowest BCUT2D eigenvalue weighted by Gasteiger charge is -2.52. The molecular formula is C17H18BF6N2O3. The molecule has 0 aromatic carbocycles. The van der Waals surface area contributed by atoms with Crippen molar-refractivity contribution in [1.82, 2.24) is 4.98 Å². The highest BCUT2D eigenvalue weighted by atomic mass is 19.4. The Morgan fingerprint density at radius 3 is 2.59 bits per heavy atom. The van der Waals surface area contributed by atoms with E-state index in [0.717, 1.165) is 6.92 Å². The minimum Gasteiger partial charge on any atom is -0.478 e. The molecular weight excluding hydrogens is 405 g/mol. The third kappa shape index (κ3) is 4.62. The average Bonchev–Trinajstić information content (AvgIpc) is 2.49. The molecule has 2 bridgehead atoms. The Bertz CT molecular complexity index is 793. The quantitative estimate of drug-likeness (QED) is 0.589. The molecule has 0 amide bonds. The van der Waals surface area contributed by atoms with Gasteiger partial charge in [-0.15, -0.1) is 0 Å². The molecule has 3 aliphatic heterocycles. The van der Waals surface area contributed by atoms with Gasteiger partial charge in [-0.3, -0.25) is 0 Å². The molecule has 0 spiro atoms. The number of aromatic nitrogens is 1. The Morgan fingerprint density at radius 1 is 1.38 bits per heavy atom. The van der Waals surface area contributed by atoms with Crippen LogP contribution in [-0.2, 0) is 10.9 Å². The number of fused-ring (bicyclic) bond motifs is 4. The minimum absolute atomic E-state index is 0.0288. The molecule has 2 atom stereocenters. The number of ether oxygens (including phenoxy) is 1. The van der Waals surface area contributed by atoms with Gasteiger partial charge in [0.05, 0.1) is 12.2 Å². The topological polar surface area (TPSA) is 62.7 Å². The molecule has 29 heavy (non-hydrogen) atoms. The van der Waals surface area contributed by atoms with Crippen LogP contribution < -0.4 is 4.90 Å². The van der Waals surface area contributed by atoms with Gasteiger partial charge in [0.2, 0.25) is 0 Å². The molecule has 1 N–H and O–H groups in total. The van der Waals surface area contributed by atoms with Crippen molar-refractivity contribution >= 4 is 19.1 Å². The summed E-state index contributed by atoms with van der Waals surface area (Å²) in [6, 6.07) is -0.272. The van der Waals surface area contributed by atoms with Gasteiger partial charge in [-0.25, -0.2) is 9.78 Å². The zero-order valence-corrected chi connectivity index (χ0v) is 15.4. The summed E-state index contributed by atoms with van der Waals surface area (Å²) in [5, 5.41) is 8.65. The lowest BCUT2D eigenvalue weighted by atomic mass is 9.34. The largest absolute Gasteiger partial charge is 0.478 e. The van der Waals surface area contributed by atoms with Crippen molar-refractivity contribution in [1.29, 1.82) is 0 Å². The maximum atomic E-state index is 13.1.